The summed E-state index contributed by atoms with van der Waals surface area (Å²) in [6.45, 7) is 0.612. The Morgan fingerprint density at radius 2 is 2.28 bits per heavy atom. The maximum Gasteiger partial charge on any atom is 0.181 e. The number of aromatic nitrogens is 3. The van der Waals surface area contributed by atoms with Crippen LogP contribution in [0, 0.1) is 5.82 Å². The molecule has 0 radical (unpaired) electrons. The van der Waals surface area contributed by atoms with Crippen molar-refractivity contribution in [3.8, 4) is 17.1 Å². The maximum absolute atomic E-state index is 13.3. The van der Waals surface area contributed by atoms with E-state index in [9.17, 15) is 4.39 Å². The lowest BCUT2D eigenvalue weighted by molar-refractivity contribution is 0.387. The molecule has 0 spiro atoms. The summed E-state index contributed by atoms with van der Waals surface area (Å²) in [4.78, 5) is 4.32. The number of methoxy groups -OCH3 is 1. The van der Waals surface area contributed by atoms with Crippen molar-refractivity contribution in [2.24, 2.45) is 5.73 Å². The summed E-state index contributed by atoms with van der Waals surface area (Å²) in [5, 5.41) is 6.93. The van der Waals surface area contributed by atoms with Crippen LogP contribution in [0.2, 0.25) is 0 Å². The lowest BCUT2D eigenvalue weighted by atomic mass is 10.2. The highest BCUT2D eigenvalue weighted by molar-refractivity contribution is 5.57. The first kappa shape index (κ1) is 12.5. The lowest BCUT2D eigenvalue weighted by Gasteiger charge is -2.02. The minimum Gasteiger partial charge on any atom is -0.494 e. The maximum atomic E-state index is 13.3. The van der Waals surface area contributed by atoms with Gasteiger partial charge in [-0.3, -0.25) is 5.10 Å². The van der Waals surface area contributed by atoms with Gasteiger partial charge in [0.05, 0.1) is 7.11 Å². The summed E-state index contributed by atoms with van der Waals surface area (Å²) in [7, 11) is 1.42. The molecule has 0 aliphatic carbocycles. The van der Waals surface area contributed by atoms with Gasteiger partial charge in [0.2, 0.25) is 0 Å². The van der Waals surface area contributed by atoms with E-state index in [0.29, 0.717) is 17.9 Å². The van der Waals surface area contributed by atoms with Crippen LogP contribution in [0.15, 0.2) is 18.2 Å². The number of hydrogen-bond acceptors (Lipinski definition) is 4. The molecule has 18 heavy (non-hydrogen) atoms. The van der Waals surface area contributed by atoms with Crippen LogP contribution in [-0.2, 0) is 6.42 Å². The van der Waals surface area contributed by atoms with E-state index in [1.807, 2.05) is 0 Å². The Hall–Kier alpha value is -1.95. The van der Waals surface area contributed by atoms with Gasteiger partial charge in [0.15, 0.2) is 17.4 Å². The predicted molar refractivity (Wildman–Crippen MR) is 65.7 cm³/mol. The Labute approximate surface area is 104 Å². The summed E-state index contributed by atoms with van der Waals surface area (Å²) >= 11 is 0. The van der Waals surface area contributed by atoms with Gasteiger partial charge in [-0.25, -0.2) is 9.37 Å². The highest BCUT2D eigenvalue weighted by Crippen LogP contribution is 2.23. The molecule has 2 aromatic rings. The van der Waals surface area contributed by atoms with Crippen LogP contribution in [0.25, 0.3) is 11.4 Å². The summed E-state index contributed by atoms with van der Waals surface area (Å²) < 4.78 is 18.2. The molecular formula is C12H15FN4O. The molecule has 1 aromatic carbocycles. The fraction of sp³-hybridized carbons (Fsp3) is 0.333. The van der Waals surface area contributed by atoms with Crippen LogP contribution in [0.1, 0.15) is 12.2 Å². The number of halogens is 1. The Balaban J connectivity index is 2.23. The third-order valence-electron chi connectivity index (χ3n) is 2.56. The topological polar surface area (TPSA) is 76.8 Å². The molecule has 3 N–H and O–H groups in total. The van der Waals surface area contributed by atoms with Gasteiger partial charge < -0.3 is 10.5 Å². The molecule has 0 unspecified atom stereocenters. The average molecular weight is 250 g/mol. The minimum absolute atomic E-state index is 0.181. The summed E-state index contributed by atoms with van der Waals surface area (Å²) in [6.07, 6.45) is 1.60. The van der Waals surface area contributed by atoms with E-state index >= 15 is 0 Å². The number of rotatable bonds is 5. The van der Waals surface area contributed by atoms with Crippen molar-refractivity contribution in [1.82, 2.24) is 15.2 Å². The Bertz CT molecular complexity index is 527. The highest BCUT2D eigenvalue weighted by Gasteiger charge is 2.09. The zero-order valence-corrected chi connectivity index (χ0v) is 10.1. The van der Waals surface area contributed by atoms with E-state index in [0.717, 1.165) is 18.7 Å². The van der Waals surface area contributed by atoms with Gasteiger partial charge in [-0.1, -0.05) is 0 Å². The molecule has 1 aromatic heterocycles. The summed E-state index contributed by atoms with van der Waals surface area (Å²) in [5.74, 6) is 1.08. The third kappa shape index (κ3) is 2.65. The standard InChI is InChI=1S/C12H15FN4O/c1-18-10-7-8(4-5-9(10)13)12-15-11(16-17-12)3-2-6-14/h4-5,7H,2-3,6,14H2,1H3,(H,15,16,17). The van der Waals surface area contributed by atoms with Crippen molar-refractivity contribution in [3.63, 3.8) is 0 Å². The molecule has 2 rings (SSSR count). The molecular weight excluding hydrogens is 235 g/mol. The number of aryl methyl sites for hydroxylation is 1. The van der Waals surface area contributed by atoms with Crippen molar-refractivity contribution in [2.45, 2.75) is 12.8 Å². The first-order chi connectivity index (χ1) is 8.74. The molecule has 5 nitrogen and oxygen atoms in total. The van der Waals surface area contributed by atoms with Crippen molar-refractivity contribution in [2.75, 3.05) is 13.7 Å². The molecule has 0 bridgehead atoms. The average Bonchev–Trinajstić information content (AvgIpc) is 2.85. The normalized spacial score (nSPS) is 10.6. The lowest BCUT2D eigenvalue weighted by Crippen LogP contribution is -2.01. The van der Waals surface area contributed by atoms with Crippen LogP contribution in [0.5, 0.6) is 5.75 Å². The fourth-order valence-corrected chi connectivity index (χ4v) is 1.60. The molecule has 0 saturated carbocycles. The second kappa shape index (κ2) is 5.59. The van der Waals surface area contributed by atoms with Crippen molar-refractivity contribution in [3.05, 3.63) is 29.8 Å². The smallest absolute Gasteiger partial charge is 0.181 e. The fourth-order valence-electron chi connectivity index (χ4n) is 1.60. The predicted octanol–water partition coefficient (Wildman–Crippen LogP) is 1.51. The van der Waals surface area contributed by atoms with Crippen molar-refractivity contribution < 1.29 is 9.13 Å². The zero-order valence-electron chi connectivity index (χ0n) is 10.1. The number of ether oxygens (including phenoxy) is 1. The van der Waals surface area contributed by atoms with Gasteiger partial charge in [0, 0.05) is 12.0 Å². The number of hydrogen-bond donors (Lipinski definition) is 2. The van der Waals surface area contributed by atoms with E-state index in [2.05, 4.69) is 15.2 Å². The molecule has 0 atom stereocenters. The third-order valence-corrected chi connectivity index (χ3v) is 2.56. The first-order valence-electron chi connectivity index (χ1n) is 5.70. The van der Waals surface area contributed by atoms with Crippen molar-refractivity contribution in [1.29, 1.82) is 0 Å². The van der Waals surface area contributed by atoms with Gasteiger partial charge in [-0.05, 0) is 31.2 Å². The molecule has 0 aliphatic rings. The SMILES string of the molecule is COc1cc(-c2n[nH]c(CCCN)n2)ccc1F. The molecule has 0 amide bonds. The number of nitrogens with one attached hydrogen (secondary N) is 1. The second-order valence-corrected chi connectivity index (χ2v) is 3.85. The van der Waals surface area contributed by atoms with Gasteiger partial charge >= 0.3 is 0 Å². The molecule has 0 aliphatic heterocycles. The largest absolute Gasteiger partial charge is 0.494 e. The van der Waals surface area contributed by atoms with E-state index in [1.54, 1.807) is 12.1 Å². The van der Waals surface area contributed by atoms with Crippen LogP contribution < -0.4 is 10.5 Å². The highest BCUT2D eigenvalue weighted by atomic mass is 19.1. The number of nitrogens with zero attached hydrogens (tertiary/aromatic N) is 2. The van der Waals surface area contributed by atoms with Gasteiger partial charge in [0.25, 0.3) is 0 Å². The second-order valence-electron chi connectivity index (χ2n) is 3.85. The molecule has 1 heterocycles. The quantitative estimate of drug-likeness (QED) is 0.843. The van der Waals surface area contributed by atoms with E-state index in [4.69, 9.17) is 10.5 Å². The van der Waals surface area contributed by atoms with Crippen LogP contribution >= 0.6 is 0 Å². The van der Waals surface area contributed by atoms with Crippen LogP contribution in [0.4, 0.5) is 4.39 Å². The number of nitrogens with two attached hydrogens (primary N) is 1. The zero-order chi connectivity index (χ0) is 13.0. The van der Waals surface area contributed by atoms with Gasteiger partial charge in [-0.15, -0.1) is 0 Å². The molecule has 6 heteroatoms. The Kier molecular flexibility index (Phi) is 3.88. The Morgan fingerprint density at radius 3 is 3.00 bits per heavy atom. The van der Waals surface area contributed by atoms with Gasteiger partial charge in [-0.2, -0.15) is 5.10 Å². The first-order valence-corrected chi connectivity index (χ1v) is 5.70. The number of H-pyrrole nitrogens is 1. The monoisotopic (exact) mass is 250 g/mol. The minimum atomic E-state index is -0.403. The summed E-state index contributed by atoms with van der Waals surface area (Å²) in [5.41, 5.74) is 6.14. The van der Waals surface area contributed by atoms with Gasteiger partial charge in [0.1, 0.15) is 5.82 Å². The number of benzene rings is 1. The van der Waals surface area contributed by atoms with E-state index < -0.39 is 5.82 Å². The van der Waals surface area contributed by atoms with Crippen LogP contribution in [-0.4, -0.2) is 28.8 Å². The molecule has 96 valence electrons. The molecule has 0 fully saturated rings. The van der Waals surface area contributed by atoms with E-state index in [1.165, 1.54) is 13.2 Å². The van der Waals surface area contributed by atoms with Crippen molar-refractivity contribution >= 4 is 0 Å². The molecule has 0 saturated heterocycles. The van der Waals surface area contributed by atoms with Crippen LogP contribution in [0.3, 0.4) is 0 Å². The number of aromatic amines is 1. The Morgan fingerprint density at radius 1 is 1.44 bits per heavy atom. The summed E-state index contributed by atoms with van der Waals surface area (Å²) in [6, 6.07) is 4.53. The van der Waals surface area contributed by atoms with E-state index in [-0.39, 0.29) is 5.75 Å².